The van der Waals surface area contributed by atoms with Crippen molar-refractivity contribution < 1.29 is 12.8 Å². The molecule has 3 heterocycles. The van der Waals surface area contributed by atoms with Gasteiger partial charge in [-0.05, 0) is 72.5 Å². The lowest BCUT2D eigenvalue weighted by Crippen LogP contribution is -2.51. The highest BCUT2D eigenvalue weighted by atomic mass is 32.2. The number of fused-ring (bicyclic) bond motifs is 1. The average molecular weight is 509 g/mol. The molecule has 10 heteroatoms. The molecule has 0 amide bonds. The zero-order chi connectivity index (χ0) is 25.4. The topological polar surface area (TPSA) is 84.2 Å². The molecule has 8 nitrogen and oxygen atoms in total. The van der Waals surface area contributed by atoms with Gasteiger partial charge in [-0.25, -0.2) is 17.5 Å². The molecule has 0 N–H and O–H groups in total. The van der Waals surface area contributed by atoms with Crippen molar-refractivity contribution in [3.05, 3.63) is 77.9 Å². The van der Waals surface area contributed by atoms with E-state index >= 15 is 0 Å². The third-order valence-electron chi connectivity index (χ3n) is 6.59. The molecule has 0 spiro atoms. The van der Waals surface area contributed by atoms with Crippen LogP contribution in [0.5, 0.6) is 0 Å². The van der Waals surface area contributed by atoms with Crippen molar-refractivity contribution in [2.45, 2.75) is 31.8 Å². The molecule has 1 saturated heterocycles. The molecule has 1 aliphatic heterocycles. The van der Waals surface area contributed by atoms with E-state index in [1.165, 1.54) is 28.7 Å². The molecule has 188 valence electrons. The molecule has 2 aromatic heterocycles. The summed E-state index contributed by atoms with van der Waals surface area (Å²) < 4.78 is 43.4. The van der Waals surface area contributed by atoms with Gasteiger partial charge in [-0.15, -0.1) is 5.10 Å². The van der Waals surface area contributed by atoms with Gasteiger partial charge in [0.1, 0.15) is 5.82 Å². The van der Waals surface area contributed by atoms with Crippen molar-refractivity contribution in [2.75, 3.05) is 26.2 Å². The Labute approximate surface area is 210 Å². The molecule has 0 radical (unpaired) electrons. The maximum Gasteiger partial charge on any atom is 0.262 e. The Balaban J connectivity index is 1.53. The van der Waals surface area contributed by atoms with E-state index in [-0.39, 0.29) is 16.9 Å². The highest BCUT2D eigenvalue weighted by Gasteiger charge is 2.36. The maximum atomic E-state index is 13.4. The van der Waals surface area contributed by atoms with Crippen LogP contribution in [0.2, 0.25) is 0 Å². The first-order valence-corrected chi connectivity index (χ1v) is 13.4. The SMILES string of the molecule is Cc1cc2c(cnn2-c2ccc(F)cc2)cc1[C@@H]1CN(S(=O)(=O)c2cccnn2)CCN1CC(C)C. The van der Waals surface area contributed by atoms with Gasteiger partial charge in [0, 0.05) is 43.8 Å². The molecule has 1 fully saturated rings. The van der Waals surface area contributed by atoms with Crippen LogP contribution < -0.4 is 0 Å². The molecule has 1 atom stereocenters. The van der Waals surface area contributed by atoms with Gasteiger partial charge < -0.3 is 0 Å². The number of aryl methyl sites for hydroxylation is 1. The average Bonchev–Trinajstić information content (AvgIpc) is 3.27. The van der Waals surface area contributed by atoms with Gasteiger partial charge in [0.15, 0.2) is 5.03 Å². The second-order valence-electron chi connectivity index (χ2n) is 9.63. The minimum Gasteiger partial charge on any atom is -0.293 e. The van der Waals surface area contributed by atoms with Crippen LogP contribution in [0.25, 0.3) is 16.6 Å². The Hall–Kier alpha value is -3.21. The lowest BCUT2D eigenvalue weighted by atomic mass is 9.96. The molecular formula is C26H29FN6O2S. The highest BCUT2D eigenvalue weighted by molar-refractivity contribution is 7.89. The Morgan fingerprint density at radius 1 is 1.11 bits per heavy atom. The summed E-state index contributed by atoms with van der Waals surface area (Å²) in [7, 11) is -3.76. The third kappa shape index (κ3) is 4.63. The van der Waals surface area contributed by atoms with Gasteiger partial charge >= 0.3 is 0 Å². The number of sulfonamides is 1. The monoisotopic (exact) mass is 508 g/mol. The van der Waals surface area contributed by atoms with Gasteiger partial charge in [-0.3, -0.25) is 4.90 Å². The van der Waals surface area contributed by atoms with Gasteiger partial charge in [-0.2, -0.15) is 14.5 Å². The summed E-state index contributed by atoms with van der Waals surface area (Å²) in [6.45, 7) is 8.58. The van der Waals surface area contributed by atoms with Crippen LogP contribution in [-0.4, -0.2) is 63.8 Å². The second-order valence-corrected chi connectivity index (χ2v) is 11.5. The van der Waals surface area contributed by atoms with E-state index in [1.54, 1.807) is 29.1 Å². The number of rotatable bonds is 6. The summed E-state index contributed by atoms with van der Waals surface area (Å²) in [6.07, 6.45) is 3.26. The Kier molecular flexibility index (Phi) is 6.59. The van der Waals surface area contributed by atoms with Crippen molar-refractivity contribution >= 4 is 20.9 Å². The normalized spacial score (nSPS) is 17.8. The van der Waals surface area contributed by atoms with Crippen LogP contribution in [0.1, 0.15) is 31.0 Å². The third-order valence-corrected chi connectivity index (χ3v) is 8.35. The smallest absolute Gasteiger partial charge is 0.262 e. The number of hydrogen-bond donors (Lipinski definition) is 0. The van der Waals surface area contributed by atoms with E-state index in [0.717, 1.165) is 34.3 Å². The number of piperazine rings is 1. The summed E-state index contributed by atoms with van der Waals surface area (Å²) in [5.41, 5.74) is 3.81. The second kappa shape index (κ2) is 9.68. The largest absolute Gasteiger partial charge is 0.293 e. The van der Waals surface area contributed by atoms with E-state index in [2.05, 4.69) is 46.2 Å². The van der Waals surface area contributed by atoms with Crippen molar-refractivity contribution in [1.82, 2.24) is 29.2 Å². The van der Waals surface area contributed by atoms with Crippen LogP contribution in [-0.2, 0) is 10.0 Å². The number of halogens is 1. The predicted molar refractivity (Wildman–Crippen MR) is 136 cm³/mol. The van der Waals surface area contributed by atoms with E-state index in [0.29, 0.717) is 25.6 Å². The lowest BCUT2D eigenvalue weighted by molar-refractivity contribution is 0.105. The molecule has 2 aromatic carbocycles. The van der Waals surface area contributed by atoms with Crippen molar-refractivity contribution in [2.24, 2.45) is 5.92 Å². The Morgan fingerprint density at radius 2 is 1.89 bits per heavy atom. The number of nitrogens with zero attached hydrogens (tertiary/aromatic N) is 6. The minimum absolute atomic E-state index is 0.0335. The quantitative estimate of drug-likeness (QED) is 0.392. The summed E-state index contributed by atoms with van der Waals surface area (Å²) in [5, 5.41) is 13.1. The van der Waals surface area contributed by atoms with E-state index in [1.807, 2.05) is 6.92 Å². The van der Waals surface area contributed by atoms with Gasteiger partial charge in [0.25, 0.3) is 10.0 Å². The van der Waals surface area contributed by atoms with Crippen LogP contribution in [0, 0.1) is 18.7 Å². The van der Waals surface area contributed by atoms with Crippen molar-refractivity contribution in [3.8, 4) is 5.69 Å². The minimum atomic E-state index is -3.76. The van der Waals surface area contributed by atoms with Crippen LogP contribution >= 0.6 is 0 Å². The van der Waals surface area contributed by atoms with Crippen molar-refractivity contribution in [3.63, 3.8) is 0 Å². The Morgan fingerprint density at radius 3 is 2.58 bits per heavy atom. The number of aromatic nitrogens is 4. The number of hydrogen-bond acceptors (Lipinski definition) is 6. The van der Waals surface area contributed by atoms with E-state index in [4.69, 9.17) is 0 Å². The molecular weight excluding hydrogens is 479 g/mol. The van der Waals surface area contributed by atoms with Crippen LogP contribution in [0.4, 0.5) is 4.39 Å². The van der Waals surface area contributed by atoms with Crippen molar-refractivity contribution in [1.29, 1.82) is 0 Å². The van der Waals surface area contributed by atoms with Crippen LogP contribution in [0.3, 0.4) is 0 Å². The predicted octanol–water partition coefficient (Wildman–Crippen LogP) is 3.97. The lowest BCUT2D eigenvalue weighted by Gasteiger charge is -2.42. The van der Waals surface area contributed by atoms with Gasteiger partial charge in [-0.1, -0.05) is 13.8 Å². The van der Waals surface area contributed by atoms with Gasteiger partial charge in [0.2, 0.25) is 0 Å². The fraction of sp³-hybridized carbons (Fsp3) is 0.346. The van der Waals surface area contributed by atoms with Crippen LogP contribution in [0.15, 0.2) is 66.0 Å². The summed E-state index contributed by atoms with van der Waals surface area (Å²) >= 11 is 0. The summed E-state index contributed by atoms with van der Waals surface area (Å²) in [6, 6.07) is 13.4. The zero-order valence-electron chi connectivity index (χ0n) is 20.5. The maximum absolute atomic E-state index is 13.4. The fourth-order valence-corrected chi connectivity index (χ4v) is 6.22. The molecule has 5 rings (SSSR count). The first kappa shape index (κ1) is 24.5. The molecule has 0 saturated carbocycles. The zero-order valence-corrected chi connectivity index (χ0v) is 21.4. The molecule has 4 aromatic rings. The molecule has 0 aliphatic carbocycles. The standard InChI is InChI=1S/C26H29FN6O2S/c1-18(2)16-31-11-12-32(36(34,35)26-5-4-10-28-30-26)17-25(31)23-14-20-15-29-33(24(20)13-19(23)3)22-8-6-21(27)7-9-22/h4-10,13-15,18,25H,11-12,16-17H2,1-3H3/t25-/m0/s1. The fourth-order valence-electron chi connectivity index (χ4n) is 4.90. The van der Waals surface area contributed by atoms with E-state index in [9.17, 15) is 12.8 Å². The highest BCUT2D eigenvalue weighted by Crippen LogP contribution is 2.33. The molecule has 0 bridgehead atoms. The summed E-state index contributed by atoms with van der Waals surface area (Å²) in [4.78, 5) is 2.37. The molecule has 0 unspecified atom stereocenters. The first-order chi connectivity index (χ1) is 17.2. The summed E-state index contributed by atoms with van der Waals surface area (Å²) in [5.74, 6) is 0.137. The number of benzene rings is 2. The molecule has 36 heavy (non-hydrogen) atoms. The molecule has 1 aliphatic rings. The van der Waals surface area contributed by atoms with Gasteiger partial charge in [0.05, 0.1) is 17.4 Å². The first-order valence-electron chi connectivity index (χ1n) is 12.0. The Bertz CT molecular complexity index is 1470. The van der Waals surface area contributed by atoms with E-state index < -0.39 is 10.0 Å².